The smallest absolute Gasteiger partial charge is 0.335 e. The Kier molecular flexibility index (Phi) is 6.56. The zero-order valence-corrected chi connectivity index (χ0v) is 17.1. The van der Waals surface area contributed by atoms with Crippen molar-refractivity contribution in [2.45, 2.75) is 32.9 Å². The first-order valence-electron chi connectivity index (χ1n) is 9.45. The molecule has 1 aromatic heterocycles. The predicted molar refractivity (Wildman–Crippen MR) is 113 cm³/mol. The van der Waals surface area contributed by atoms with Crippen LogP contribution in [-0.2, 0) is 6.54 Å². The lowest BCUT2D eigenvalue weighted by atomic mass is 10.1. The monoisotopic (exact) mass is 414 g/mol. The normalized spacial score (nSPS) is 12.0. The summed E-state index contributed by atoms with van der Waals surface area (Å²) in [7, 11) is 0. The fourth-order valence-corrected chi connectivity index (χ4v) is 3.14. The fourth-order valence-electron chi connectivity index (χ4n) is 3.01. The molecular weight excluding hydrogens is 392 g/mol. The van der Waals surface area contributed by atoms with Crippen molar-refractivity contribution < 1.29 is 19.7 Å². The maximum absolute atomic E-state index is 11.5. The van der Waals surface area contributed by atoms with Crippen LogP contribution in [0.2, 0.25) is 5.02 Å². The number of aliphatic hydroxyl groups is 1. The summed E-state index contributed by atoms with van der Waals surface area (Å²) in [5.41, 5.74) is 3.01. The van der Waals surface area contributed by atoms with E-state index in [1.165, 1.54) is 6.07 Å². The lowest BCUT2D eigenvalue weighted by molar-refractivity contribution is 0.0697. The number of carboxylic acid groups (broad SMARTS) is 1. The van der Waals surface area contributed by atoms with Crippen molar-refractivity contribution in [3.63, 3.8) is 0 Å². The Bertz CT molecular complexity index is 999. The van der Waals surface area contributed by atoms with Crippen LogP contribution in [0, 0.1) is 0 Å². The van der Waals surface area contributed by atoms with Gasteiger partial charge in [0.25, 0.3) is 0 Å². The molecule has 0 aliphatic rings. The van der Waals surface area contributed by atoms with Gasteiger partial charge in [0, 0.05) is 10.6 Å². The molecule has 3 rings (SSSR count). The minimum atomic E-state index is -1.02. The first-order valence-corrected chi connectivity index (χ1v) is 9.83. The van der Waals surface area contributed by atoms with Gasteiger partial charge in [0.1, 0.15) is 5.75 Å². The zero-order valence-electron chi connectivity index (χ0n) is 16.3. The number of carboxylic acids is 1. The standard InChI is InChI=1S/C22H23ClN2O4/c1-3-17(26)13-25-20(14-5-8-16(23)9-6-14)12-19(24-25)18-11-15(22(27)28)7-10-21(18)29-4-2/h5-12,17,26H,3-4,13H2,1-2H3,(H,27,28)/t17-/m0/s1. The molecule has 1 heterocycles. The highest BCUT2D eigenvalue weighted by Gasteiger charge is 2.18. The zero-order chi connectivity index (χ0) is 21.0. The molecule has 2 N–H and O–H groups in total. The van der Waals surface area contributed by atoms with Crippen LogP contribution in [0.15, 0.2) is 48.5 Å². The summed E-state index contributed by atoms with van der Waals surface area (Å²) in [5, 5.41) is 24.8. The third kappa shape index (κ3) is 4.78. The molecule has 0 radical (unpaired) electrons. The first-order chi connectivity index (χ1) is 13.9. The molecule has 0 bridgehead atoms. The molecule has 0 spiro atoms. The Balaban J connectivity index is 2.15. The molecule has 0 aliphatic carbocycles. The highest BCUT2D eigenvalue weighted by molar-refractivity contribution is 6.30. The Morgan fingerprint density at radius 3 is 2.52 bits per heavy atom. The number of hydrogen-bond donors (Lipinski definition) is 2. The number of aromatic nitrogens is 2. The largest absolute Gasteiger partial charge is 0.493 e. The third-order valence-electron chi connectivity index (χ3n) is 4.58. The Hall–Kier alpha value is -2.83. The summed E-state index contributed by atoms with van der Waals surface area (Å²) >= 11 is 6.01. The van der Waals surface area contributed by atoms with E-state index in [2.05, 4.69) is 5.10 Å². The molecule has 0 saturated heterocycles. The van der Waals surface area contributed by atoms with Crippen LogP contribution >= 0.6 is 11.6 Å². The highest BCUT2D eigenvalue weighted by atomic mass is 35.5. The van der Waals surface area contributed by atoms with Crippen molar-refractivity contribution >= 4 is 17.6 Å². The molecule has 152 valence electrons. The van der Waals surface area contributed by atoms with Crippen molar-refractivity contribution in [2.24, 2.45) is 0 Å². The van der Waals surface area contributed by atoms with E-state index in [9.17, 15) is 15.0 Å². The lowest BCUT2D eigenvalue weighted by Crippen LogP contribution is -2.16. The van der Waals surface area contributed by atoms with Crippen LogP contribution < -0.4 is 4.74 Å². The molecule has 0 saturated carbocycles. The molecule has 1 atom stereocenters. The van der Waals surface area contributed by atoms with E-state index in [0.717, 1.165) is 11.3 Å². The maximum atomic E-state index is 11.5. The predicted octanol–water partition coefficient (Wildman–Crippen LogP) is 4.74. The van der Waals surface area contributed by atoms with E-state index >= 15 is 0 Å². The number of benzene rings is 2. The van der Waals surface area contributed by atoms with E-state index in [4.69, 9.17) is 16.3 Å². The van der Waals surface area contributed by atoms with Gasteiger partial charge in [0.2, 0.25) is 0 Å². The van der Waals surface area contributed by atoms with Crippen molar-refractivity contribution in [3.8, 4) is 28.3 Å². The van der Waals surface area contributed by atoms with Gasteiger partial charge in [-0.3, -0.25) is 4.68 Å². The fraction of sp³-hybridized carbons (Fsp3) is 0.273. The highest BCUT2D eigenvalue weighted by Crippen LogP contribution is 2.34. The average Bonchev–Trinajstić information content (AvgIpc) is 3.12. The Morgan fingerprint density at radius 2 is 1.90 bits per heavy atom. The van der Waals surface area contributed by atoms with Crippen LogP contribution in [0.5, 0.6) is 5.75 Å². The third-order valence-corrected chi connectivity index (χ3v) is 4.83. The summed E-state index contributed by atoms with van der Waals surface area (Å²) in [6.45, 7) is 4.53. The van der Waals surface area contributed by atoms with Crippen molar-refractivity contribution in [2.75, 3.05) is 6.61 Å². The van der Waals surface area contributed by atoms with Crippen LogP contribution in [0.25, 0.3) is 22.5 Å². The van der Waals surface area contributed by atoms with E-state index in [1.54, 1.807) is 28.9 Å². The molecule has 2 aromatic carbocycles. The molecule has 0 unspecified atom stereocenters. The minimum Gasteiger partial charge on any atom is -0.493 e. The number of aromatic carboxylic acids is 1. The molecule has 0 fully saturated rings. The number of rotatable bonds is 8. The van der Waals surface area contributed by atoms with Gasteiger partial charge in [-0.15, -0.1) is 0 Å². The van der Waals surface area contributed by atoms with Crippen molar-refractivity contribution in [1.82, 2.24) is 9.78 Å². The van der Waals surface area contributed by atoms with Gasteiger partial charge >= 0.3 is 5.97 Å². The van der Waals surface area contributed by atoms with Crippen LogP contribution in [0.4, 0.5) is 0 Å². The van der Waals surface area contributed by atoms with E-state index in [1.807, 2.05) is 32.0 Å². The van der Waals surface area contributed by atoms with Gasteiger partial charge in [0.05, 0.1) is 36.2 Å². The van der Waals surface area contributed by atoms with Crippen LogP contribution in [0.3, 0.4) is 0 Å². The number of ether oxygens (including phenoxy) is 1. The Morgan fingerprint density at radius 1 is 1.17 bits per heavy atom. The second-order valence-corrected chi connectivity index (χ2v) is 7.05. The lowest BCUT2D eigenvalue weighted by Gasteiger charge is -2.12. The summed E-state index contributed by atoms with van der Waals surface area (Å²) in [6, 6.07) is 13.9. The Labute approximate surface area is 174 Å². The summed E-state index contributed by atoms with van der Waals surface area (Å²) < 4.78 is 7.42. The van der Waals surface area contributed by atoms with E-state index in [-0.39, 0.29) is 5.56 Å². The second kappa shape index (κ2) is 9.11. The number of carbonyl (C=O) groups is 1. The molecule has 7 heteroatoms. The first kappa shape index (κ1) is 20.9. The molecular formula is C22H23ClN2O4. The van der Waals surface area contributed by atoms with E-state index < -0.39 is 12.1 Å². The van der Waals surface area contributed by atoms with Crippen molar-refractivity contribution in [3.05, 3.63) is 59.1 Å². The second-order valence-electron chi connectivity index (χ2n) is 6.61. The molecule has 0 amide bonds. The molecule has 3 aromatic rings. The average molecular weight is 415 g/mol. The number of nitrogens with zero attached hydrogens (tertiary/aromatic N) is 2. The van der Waals surface area contributed by atoms with Gasteiger partial charge in [-0.25, -0.2) is 4.79 Å². The summed E-state index contributed by atoms with van der Waals surface area (Å²) in [4.78, 5) is 11.5. The summed E-state index contributed by atoms with van der Waals surface area (Å²) in [6.07, 6.45) is 0.0408. The van der Waals surface area contributed by atoms with Crippen molar-refractivity contribution in [1.29, 1.82) is 0 Å². The van der Waals surface area contributed by atoms with Gasteiger partial charge in [0.15, 0.2) is 0 Å². The summed E-state index contributed by atoms with van der Waals surface area (Å²) in [5.74, 6) is -0.464. The molecule has 0 aliphatic heterocycles. The van der Waals surface area contributed by atoms with E-state index in [0.29, 0.717) is 41.6 Å². The topological polar surface area (TPSA) is 84.6 Å². The van der Waals surface area contributed by atoms with Gasteiger partial charge < -0.3 is 14.9 Å². The van der Waals surface area contributed by atoms with Gasteiger partial charge in [-0.1, -0.05) is 30.7 Å². The van der Waals surface area contributed by atoms with Crippen LogP contribution in [0.1, 0.15) is 30.6 Å². The SMILES string of the molecule is CCOc1ccc(C(=O)O)cc1-c1cc(-c2ccc(Cl)cc2)n(C[C@@H](O)CC)n1. The molecule has 29 heavy (non-hydrogen) atoms. The van der Waals surface area contributed by atoms with Gasteiger partial charge in [-0.05, 0) is 55.3 Å². The quantitative estimate of drug-likeness (QED) is 0.556. The van der Waals surface area contributed by atoms with Gasteiger partial charge in [-0.2, -0.15) is 5.10 Å². The number of halogens is 1. The number of hydrogen-bond acceptors (Lipinski definition) is 4. The minimum absolute atomic E-state index is 0.152. The maximum Gasteiger partial charge on any atom is 0.335 e. The van der Waals surface area contributed by atoms with Crippen LogP contribution in [-0.4, -0.2) is 38.7 Å². The number of aliphatic hydroxyl groups excluding tert-OH is 1. The molecule has 6 nitrogen and oxygen atoms in total.